The number of ether oxygens (including phenoxy) is 1. The average molecular weight is 272 g/mol. The Balaban J connectivity index is 1.66. The maximum atomic E-state index is 13.0. The molecule has 0 radical (unpaired) electrons. The molecule has 1 aromatic rings. The third kappa shape index (κ3) is 4.23. The fourth-order valence-electron chi connectivity index (χ4n) is 2.24. The molecule has 2 rings (SSSR count). The number of piperidine rings is 1. The Morgan fingerprint density at radius 2 is 2.33 bits per heavy atom. The van der Waals surface area contributed by atoms with Crippen molar-refractivity contribution in [2.45, 2.75) is 25.9 Å². The number of benzene rings is 1. The predicted molar refractivity (Wildman–Crippen MR) is 71.3 cm³/mol. The molecular formula is C14H19ClFNO. The lowest BCUT2D eigenvalue weighted by Crippen LogP contribution is -2.30. The van der Waals surface area contributed by atoms with E-state index in [2.05, 4.69) is 5.32 Å². The molecule has 0 aliphatic carbocycles. The molecule has 0 amide bonds. The Kier molecular flexibility index (Phi) is 5.42. The van der Waals surface area contributed by atoms with Gasteiger partial charge in [-0.3, -0.25) is 0 Å². The van der Waals surface area contributed by atoms with Crippen molar-refractivity contribution in [1.29, 1.82) is 0 Å². The molecule has 1 saturated heterocycles. The summed E-state index contributed by atoms with van der Waals surface area (Å²) in [6.45, 7) is 3.50. The Morgan fingerprint density at radius 1 is 1.44 bits per heavy atom. The van der Waals surface area contributed by atoms with E-state index in [1.54, 1.807) is 12.1 Å². The SMILES string of the molecule is Fc1ccc(COCCC2CCCNC2)cc1Cl. The first-order chi connectivity index (χ1) is 8.75. The third-order valence-electron chi connectivity index (χ3n) is 3.32. The molecule has 1 heterocycles. The standard InChI is InChI=1S/C14H19ClFNO/c15-13-8-12(3-4-14(13)16)10-18-7-5-11-2-1-6-17-9-11/h3-4,8,11,17H,1-2,5-7,9-10H2. The molecule has 1 aliphatic rings. The van der Waals surface area contributed by atoms with Gasteiger partial charge in [0.15, 0.2) is 0 Å². The minimum absolute atomic E-state index is 0.160. The van der Waals surface area contributed by atoms with E-state index in [9.17, 15) is 4.39 Å². The van der Waals surface area contributed by atoms with Gasteiger partial charge in [0.05, 0.1) is 11.6 Å². The van der Waals surface area contributed by atoms with E-state index in [0.717, 1.165) is 37.6 Å². The summed E-state index contributed by atoms with van der Waals surface area (Å²) >= 11 is 5.71. The van der Waals surface area contributed by atoms with E-state index in [0.29, 0.717) is 6.61 Å². The van der Waals surface area contributed by atoms with Crippen LogP contribution in [0.4, 0.5) is 4.39 Å². The quantitative estimate of drug-likeness (QED) is 0.829. The van der Waals surface area contributed by atoms with Gasteiger partial charge in [-0.1, -0.05) is 17.7 Å². The van der Waals surface area contributed by atoms with Crippen LogP contribution in [-0.2, 0) is 11.3 Å². The van der Waals surface area contributed by atoms with Crippen molar-refractivity contribution in [3.05, 3.63) is 34.6 Å². The van der Waals surface area contributed by atoms with Crippen molar-refractivity contribution in [3.63, 3.8) is 0 Å². The lowest BCUT2D eigenvalue weighted by atomic mass is 9.97. The van der Waals surface area contributed by atoms with Gasteiger partial charge >= 0.3 is 0 Å². The van der Waals surface area contributed by atoms with Crippen LogP contribution in [-0.4, -0.2) is 19.7 Å². The van der Waals surface area contributed by atoms with E-state index in [4.69, 9.17) is 16.3 Å². The van der Waals surface area contributed by atoms with Crippen molar-refractivity contribution in [2.24, 2.45) is 5.92 Å². The molecule has 0 saturated carbocycles. The van der Waals surface area contributed by atoms with Gasteiger partial charge in [-0.25, -0.2) is 4.39 Å². The van der Waals surface area contributed by atoms with Gasteiger partial charge in [0, 0.05) is 6.61 Å². The summed E-state index contributed by atoms with van der Waals surface area (Å²) in [4.78, 5) is 0. The summed E-state index contributed by atoms with van der Waals surface area (Å²) in [7, 11) is 0. The zero-order valence-electron chi connectivity index (χ0n) is 10.4. The number of halogens is 2. The first kappa shape index (κ1) is 13.8. The van der Waals surface area contributed by atoms with Gasteiger partial charge in [0.2, 0.25) is 0 Å². The monoisotopic (exact) mass is 271 g/mol. The maximum absolute atomic E-state index is 13.0. The summed E-state index contributed by atoms with van der Waals surface area (Å²) in [6, 6.07) is 4.72. The Morgan fingerprint density at radius 3 is 3.06 bits per heavy atom. The Labute approximate surface area is 112 Å². The lowest BCUT2D eigenvalue weighted by Gasteiger charge is -2.22. The molecule has 100 valence electrons. The van der Waals surface area contributed by atoms with Crippen molar-refractivity contribution in [2.75, 3.05) is 19.7 Å². The van der Waals surface area contributed by atoms with Crippen LogP contribution in [0, 0.1) is 11.7 Å². The maximum Gasteiger partial charge on any atom is 0.141 e. The highest BCUT2D eigenvalue weighted by Crippen LogP contribution is 2.17. The molecule has 18 heavy (non-hydrogen) atoms. The number of rotatable bonds is 5. The number of hydrogen-bond acceptors (Lipinski definition) is 2. The molecule has 0 aromatic heterocycles. The molecule has 1 N–H and O–H groups in total. The van der Waals surface area contributed by atoms with E-state index < -0.39 is 0 Å². The number of hydrogen-bond donors (Lipinski definition) is 1. The normalized spacial score (nSPS) is 20.0. The van der Waals surface area contributed by atoms with Gasteiger partial charge in [0.25, 0.3) is 0 Å². The van der Waals surface area contributed by atoms with Gasteiger partial charge in [-0.2, -0.15) is 0 Å². The number of nitrogens with one attached hydrogen (secondary N) is 1. The molecular weight excluding hydrogens is 253 g/mol. The summed E-state index contributed by atoms with van der Waals surface area (Å²) in [5, 5.41) is 3.55. The minimum atomic E-state index is -0.381. The van der Waals surface area contributed by atoms with Crippen molar-refractivity contribution in [3.8, 4) is 0 Å². The summed E-state index contributed by atoms with van der Waals surface area (Å²) in [5.74, 6) is 0.351. The molecule has 0 spiro atoms. The fourth-order valence-corrected chi connectivity index (χ4v) is 2.44. The highest BCUT2D eigenvalue weighted by Gasteiger charge is 2.12. The first-order valence-corrected chi connectivity index (χ1v) is 6.86. The predicted octanol–water partition coefficient (Wildman–Crippen LogP) is 3.39. The average Bonchev–Trinajstić information content (AvgIpc) is 2.40. The summed E-state index contributed by atoms with van der Waals surface area (Å²) in [6.07, 6.45) is 3.64. The lowest BCUT2D eigenvalue weighted by molar-refractivity contribution is 0.103. The van der Waals surface area contributed by atoms with Crippen molar-refractivity contribution in [1.82, 2.24) is 5.32 Å². The molecule has 1 aliphatic heterocycles. The zero-order chi connectivity index (χ0) is 12.8. The second-order valence-electron chi connectivity index (χ2n) is 4.80. The molecule has 1 aromatic carbocycles. The van der Waals surface area contributed by atoms with Crippen LogP contribution in [0.1, 0.15) is 24.8 Å². The van der Waals surface area contributed by atoms with Crippen LogP contribution in [0.2, 0.25) is 5.02 Å². The van der Waals surface area contributed by atoms with Crippen LogP contribution >= 0.6 is 11.6 Å². The van der Waals surface area contributed by atoms with E-state index in [1.807, 2.05) is 0 Å². The Hall–Kier alpha value is -0.640. The van der Waals surface area contributed by atoms with Crippen LogP contribution < -0.4 is 5.32 Å². The van der Waals surface area contributed by atoms with Crippen LogP contribution in [0.3, 0.4) is 0 Å². The van der Waals surface area contributed by atoms with E-state index in [-0.39, 0.29) is 10.8 Å². The summed E-state index contributed by atoms with van der Waals surface area (Å²) < 4.78 is 18.6. The highest BCUT2D eigenvalue weighted by molar-refractivity contribution is 6.30. The third-order valence-corrected chi connectivity index (χ3v) is 3.61. The fraction of sp³-hybridized carbons (Fsp3) is 0.571. The van der Waals surface area contributed by atoms with Gasteiger partial charge in [0.1, 0.15) is 5.82 Å². The largest absolute Gasteiger partial charge is 0.377 e. The van der Waals surface area contributed by atoms with Crippen molar-refractivity contribution >= 4 is 11.6 Å². The van der Waals surface area contributed by atoms with Crippen LogP contribution in [0.15, 0.2) is 18.2 Å². The first-order valence-electron chi connectivity index (χ1n) is 6.48. The molecule has 1 fully saturated rings. The van der Waals surface area contributed by atoms with E-state index >= 15 is 0 Å². The second-order valence-corrected chi connectivity index (χ2v) is 5.21. The smallest absolute Gasteiger partial charge is 0.141 e. The van der Waals surface area contributed by atoms with Gasteiger partial charge in [-0.15, -0.1) is 0 Å². The zero-order valence-corrected chi connectivity index (χ0v) is 11.2. The molecule has 1 unspecified atom stereocenters. The minimum Gasteiger partial charge on any atom is -0.377 e. The molecule has 0 bridgehead atoms. The Bertz CT molecular complexity index is 380. The van der Waals surface area contributed by atoms with Crippen molar-refractivity contribution < 1.29 is 9.13 Å². The highest BCUT2D eigenvalue weighted by atomic mass is 35.5. The van der Waals surface area contributed by atoms with Gasteiger partial charge in [-0.05, 0) is 56.0 Å². The summed E-state index contributed by atoms with van der Waals surface area (Å²) in [5.41, 5.74) is 0.920. The molecule has 1 atom stereocenters. The molecule has 4 heteroatoms. The van der Waals surface area contributed by atoms with Crippen LogP contribution in [0.5, 0.6) is 0 Å². The van der Waals surface area contributed by atoms with E-state index in [1.165, 1.54) is 18.9 Å². The van der Waals surface area contributed by atoms with Crippen LogP contribution in [0.25, 0.3) is 0 Å². The molecule has 2 nitrogen and oxygen atoms in total. The second kappa shape index (κ2) is 7.07. The topological polar surface area (TPSA) is 21.3 Å². The van der Waals surface area contributed by atoms with Gasteiger partial charge < -0.3 is 10.1 Å².